The number of nitriles is 1. The molecule has 8 heteroatoms. The molecule has 0 unspecified atom stereocenters. The van der Waals surface area contributed by atoms with Crippen molar-refractivity contribution in [3.05, 3.63) is 76.7 Å². The summed E-state index contributed by atoms with van der Waals surface area (Å²) in [6.45, 7) is 3.34. The molecule has 8 nitrogen and oxygen atoms in total. The average Bonchev–Trinajstić information content (AvgIpc) is 3.09. The predicted octanol–water partition coefficient (Wildman–Crippen LogP) is 3.73. The molecule has 0 radical (unpaired) electrons. The zero-order chi connectivity index (χ0) is 22.2. The number of hydrogen-bond donors (Lipinski definition) is 1. The van der Waals surface area contributed by atoms with E-state index in [9.17, 15) is 9.59 Å². The van der Waals surface area contributed by atoms with E-state index in [1.807, 2.05) is 6.92 Å². The van der Waals surface area contributed by atoms with Crippen LogP contribution in [0.5, 0.6) is 5.75 Å². The first-order chi connectivity index (χ1) is 15.0. The second-order valence-corrected chi connectivity index (χ2v) is 6.74. The van der Waals surface area contributed by atoms with Crippen LogP contribution in [0.2, 0.25) is 0 Å². The number of esters is 1. The van der Waals surface area contributed by atoms with Gasteiger partial charge in [0.1, 0.15) is 23.7 Å². The first-order valence-electron chi connectivity index (χ1n) is 9.54. The lowest BCUT2D eigenvalue weighted by Crippen LogP contribution is -2.21. The summed E-state index contributed by atoms with van der Waals surface area (Å²) >= 11 is 0. The summed E-state index contributed by atoms with van der Waals surface area (Å²) in [4.78, 5) is 24.6. The summed E-state index contributed by atoms with van der Waals surface area (Å²) in [5.41, 5.74) is 3.13. The summed E-state index contributed by atoms with van der Waals surface area (Å²) in [7, 11) is 0. The van der Waals surface area contributed by atoms with Gasteiger partial charge >= 0.3 is 5.97 Å². The normalized spacial score (nSPS) is 10.2. The molecule has 0 spiro atoms. The van der Waals surface area contributed by atoms with E-state index in [1.54, 1.807) is 55.5 Å². The Bertz CT molecular complexity index is 1090. The average molecular weight is 419 g/mol. The van der Waals surface area contributed by atoms with Crippen molar-refractivity contribution in [1.29, 1.82) is 5.26 Å². The number of ether oxygens (including phenoxy) is 2. The SMILES string of the molecule is Cc1noc(C)c1COc1ccccc1C(=O)OCC(=O)Nc1ccc(CC#N)cc1. The van der Waals surface area contributed by atoms with E-state index in [4.69, 9.17) is 19.3 Å². The molecule has 0 saturated heterocycles. The highest BCUT2D eigenvalue weighted by Gasteiger charge is 2.17. The van der Waals surface area contributed by atoms with Crippen molar-refractivity contribution in [1.82, 2.24) is 5.16 Å². The van der Waals surface area contributed by atoms with E-state index in [-0.39, 0.29) is 12.2 Å². The van der Waals surface area contributed by atoms with Gasteiger partial charge in [0.05, 0.1) is 23.7 Å². The molecular formula is C23H21N3O5. The van der Waals surface area contributed by atoms with E-state index in [2.05, 4.69) is 16.5 Å². The smallest absolute Gasteiger partial charge is 0.342 e. The van der Waals surface area contributed by atoms with E-state index in [1.165, 1.54) is 0 Å². The maximum absolute atomic E-state index is 12.5. The Kier molecular flexibility index (Phi) is 7.01. The summed E-state index contributed by atoms with van der Waals surface area (Å²) in [6, 6.07) is 15.6. The van der Waals surface area contributed by atoms with Gasteiger partial charge in [-0.3, -0.25) is 4.79 Å². The fourth-order valence-electron chi connectivity index (χ4n) is 2.82. The Morgan fingerprint density at radius 3 is 2.55 bits per heavy atom. The zero-order valence-corrected chi connectivity index (χ0v) is 17.2. The molecule has 1 heterocycles. The third-order valence-corrected chi connectivity index (χ3v) is 4.52. The quantitative estimate of drug-likeness (QED) is 0.553. The molecule has 0 atom stereocenters. The van der Waals surface area contributed by atoms with Gasteiger partial charge in [-0.1, -0.05) is 29.4 Å². The predicted molar refractivity (Wildman–Crippen MR) is 111 cm³/mol. The molecule has 0 fully saturated rings. The second-order valence-electron chi connectivity index (χ2n) is 6.74. The number of para-hydroxylation sites is 1. The number of rotatable bonds is 8. The number of amides is 1. The van der Waals surface area contributed by atoms with Crippen LogP contribution >= 0.6 is 0 Å². The Balaban J connectivity index is 1.56. The molecule has 31 heavy (non-hydrogen) atoms. The van der Waals surface area contributed by atoms with Crippen molar-refractivity contribution in [2.24, 2.45) is 0 Å². The van der Waals surface area contributed by atoms with Crippen molar-refractivity contribution in [3.8, 4) is 11.8 Å². The van der Waals surface area contributed by atoms with Crippen LogP contribution in [0.4, 0.5) is 5.69 Å². The van der Waals surface area contributed by atoms with Crippen LogP contribution in [0.1, 0.15) is 32.9 Å². The number of carbonyl (C=O) groups excluding carboxylic acids is 2. The molecule has 1 amide bonds. The molecule has 0 aliphatic rings. The van der Waals surface area contributed by atoms with E-state index in [0.29, 0.717) is 23.6 Å². The summed E-state index contributed by atoms with van der Waals surface area (Å²) in [5.74, 6) is -0.166. The van der Waals surface area contributed by atoms with Gasteiger partial charge in [-0.25, -0.2) is 4.79 Å². The molecule has 158 valence electrons. The molecule has 0 aliphatic carbocycles. The first-order valence-corrected chi connectivity index (χ1v) is 9.54. The third kappa shape index (κ3) is 5.70. The van der Waals surface area contributed by atoms with Crippen LogP contribution in [0.15, 0.2) is 53.1 Å². The van der Waals surface area contributed by atoms with Crippen LogP contribution < -0.4 is 10.1 Å². The topological polar surface area (TPSA) is 114 Å². The minimum atomic E-state index is -0.672. The lowest BCUT2D eigenvalue weighted by atomic mass is 10.1. The Morgan fingerprint density at radius 1 is 1.13 bits per heavy atom. The van der Waals surface area contributed by atoms with Crippen molar-refractivity contribution in [2.45, 2.75) is 26.9 Å². The first kappa shape index (κ1) is 21.6. The van der Waals surface area contributed by atoms with Crippen molar-refractivity contribution in [3.63, 3.8) is 0 Å². The number of anilines is 1. The van der Waals surface area contributed by atoms with Gasteiger partial charge in [0.2, 0.25) is 0 Å². The highest BCUT2D eigenvalue weighted by atomic mass is 16.5. The molecule has 3 aromatic rings. The van der Waals surface area contributed by atoms with Gasteiger partial charge < -0.3 is 19.3 Å². The monoisotopic (exact) mass is 419 g/mol. The maximum atomic E-state index is 12.5. The largest absolute Gasteiger partial charge is 0.488 e. The van der Waals surface area contributed by atoms with Gasteiger partial charge in [0.15, 0.2) is 6.61 Å². The Hall–Kier alpha value is -4.12. The lowest BCUT2D eigenvalue weighted by Gasteiger charge is -2.11. The summed E-state index contributed by atoms with van der Waals surface area (Å²) in [5, 5.41) is 15.2. The molecule has 0 aliphatic heterocycles. The van der Waals surface area contributed by atoms with Crippen LogP contribution in [0, 0.1) is 25.2 Å². The van der Waals surface area contributed by atoms with E-state index < -0.39 is 18.5 Å². The molecule has 1 aromatic heterocycles. The minimum absolute atomic E-state index is 0.188. The number of nitrogens with zero attached hydrogens (tertiary/aromatic N) is 2. The molecule has 0 saturated carbocycles. The highest BCUT2D eigenvalue weighted by Crippen LogP contribution is 2.22. The van der Waals surface area contributed by atoms with Crippen LogP contribution in [0.3, 0.4) is 0 Å². The van der Waals surface area contributed by atoms with Gasteiger partial charge in [-0.2, -0.15) is 5.26 Å². The fraction of sp³-hybridized carbons (Fsp3) is 0.217. The van der Waals surface area contributed by atoms with Crippen molar-refractivity contribution in [2.75, 3.05) is 11.9 Å². The Morgan fingerprint density at radius 2 is 1.87 bits per heavy atom. The van der Waals surface area contributed by atoms with Gasteiger partial charge in [0.25, 0.3) is 5.91 Å². The molecule has 0 bridgehead atoms. The number of aryl methyl sites for hydroxylation is 2. The molecule has 2 aromatic carbocycles. The van der Waals surface area contributed by atoms with Gasteiger partial charge in [0, 0.05) is 5.69 Å². The van der Waals surface area contributed by atoms with Crippen LogP contribution in [0.25, 0.3) is 0 Å². The van der Waals surface area contributed by atoms with Crippen molar-refractivity contribution >= 4 is 17.6 Å². The minimum Gasteiger partial charge on any atom is -0.488 e. The number of benzene rings is 2. The molecular weight excluding hydrogens is 398 g/mol. The second kappa shape index (κ2) is 10.1. The highest BCUT2D eigenvalue weighted by molar-refractivity contribution is 5.96. The van der Waals surface area contributed by atoms with Crippen molar-refractivity contribution < 1.29 is 23.6 Å². The van der Waals surface area contributed by atoms with Gasteiger partial charge in [-0.05, 0) is 43.7 Å². The summed E-state index contributed by atoms with van der Waals surface area (Å²) in [6.07, 6.45) is 0.295. The van der Waals surface area contributed by atoms with Crippen LogP contribution in [-0.4, -0.2) is 23.6 Å². The van der Waals surface area contributed by atoms with Crippen LogP contribution in [-0.2, 0) is 22.6 Å². The summed E-state index contributed by atoms with van der Waals surface area (Å²) < 4.78 is 16.0. The van der Waals surface area contributed by atoms with E-state index >= 15 is 0 Å². The third-order valence-electron chi connectivity index (χ3n) is 4.52. The number of nitrogens with one attached hydrogen (secondary N) is 1. The number of hydrogen-bond acceptors (Lipinski definition) is 7. The van der Waals surface area contributed by atoms with E-state index in [0.717, 1.165) is 16.8 Å². The number of carbonyl (C=O) groups is 2. The van der Waals surface area contributed by atoms with Gasteiger partial charge in [-0.15, -0.1) is 0 Å². The fourth-order valence-corrected chi connectivity index (χ4v) is 2.82. The zero-order valence-electron chi connectivity index (χ0n) is 17.2. The molecule has 3 rings (SSSR count). The standard InChI is InChI=1S/C23H21N3O5/c1-15-20(16(2)31-26-15)13-29-21-6-4-3-5-19(21)23(28)30-14-22(27)25-18-9-7-17(8-10-18)11-12-24/h3-10H,11,13-14H2,1-2H3,(H,25,27). The lowest BCUT2D eigenvalue weighted by molar-refractivity contribution is -0.119. The Labute approximate surface area is 179 Å². The molecule has 1 N–H and O–H groups in total. The maximum Gasteiger partial charge on any atom is 0.342 e. The number of aromatic nitrogens is 1.